The van der Waals surface area contributed by atoms with Gasteiger partial charge in [0.1, 0.15) is 11.4 Å². The number of hydrazine groups is 1. The van der Waals surface area contributed by atoms with E-state index in [1.54, 1.807) is 16.9 Å². The third kappa shape index (κ3) is 3.02. The third-order valence-corrected chi connectivity index (χ3v) is 6.50. The summed E-state index contributed by atoms with van der Waals surface area (Å²) in [6, 6.07) is 4.57. The fourth-order valence-corrected chi connectivity index (χ4v) is 4.82. The molecule has 2 aliphatic heterocycles. The Morgan fingerprint density at radius 2 is 2.07 bits per heavy atom. The molecule has 1 unspecified atom stereocenters. The van der Waals surface area contributed by atoms with Gasteiger partial charge in [0, 0.05) is 43.6 Å². The molecule has 0 aromatic carbocycles. The molecule has 1 atom stereocenters. The zero-order chi connectivity index (χ0) is 20.2. The van der Waals surface area contributed by atoms with Gasteiger partial charge in [0.25, 0.3) is 5.91 Å². The van der Waals surface area contributed by atoms with E-state index in [4.69, 9.17) is 16.6 Å². The van der Waals surface area contributed by atoms with Gasteiger partial charge < -0.3 is 4.90 Å². The lowest BCUT2D eigenvalue weighted by molar-refractivity contribution is 0.0775. The molecule has 1 aliphatic carbocycles. The maximum absolute atomic E-state index is 13.1. The van der Waals surface area contributed by atoms with Gasteiger partial charge in [0.05, 0.1) is 17.3 Å². The summed E-state index contributed by atoms with van der Waals surface area (Å²) in [7, 11) is 0. The molecule has 1 saturated heterocycles. The zero-order valence-electron chi connectivity index (χ0n) is 16.5. The molecule has 2 bridgehead atoms. The fourth-order valence-electron chi connectivity index (χ4n) is 4.66. The molecule has 0 spiro atoms. The van der Waals surface area contributed by atoms with Crippen LogP contribution in [-0.4, -0.2) is 49.6 Å². The first-order valence-electron chi connectivity index (χ1n) is 10.5. The van der Waals surface area contributed by atoms with Gasteiger partial charge in [-0.05, 0) is 43.4 Å². The van der Waals surface area contributed by atoms with Gasteiger partial charge in [-0.3, -0.25) is 15.2 Å². The minimum Gasteiger partial charge on any atom is -0.349 e. The van der Waals surface area contributed by atoms with E-state index in [0.717, 1.165) is 55.7 Å². The van der Waals surface area contributed by atoms with Crippen LogP contribution in [0, 0.1) is 0 Å². The summed E-state index contributed by atoms with van der Waals surface area (Å²) in [5.41, 5.74) is 6.38. The third-order valence-electron chi connectivity index (χ3n) is 6.30. The van der Waals surface area contributed by atoms with Crippen molar-refractivity contribution in [2.45, 2.75) is 44.2 Å². The summed E-state index contributed by atoms with van der Waals surface area (Å²) in [6.07, 6.45) is 10.2. The van der Waals surface area contributed by atoms with Gasteiger partial charge in [-0.25, -0.2) is 14.5 Å². The van der Waals surface area contributed by atoms with Crippen LogP contribution in [0.2, 0.25) is 5.02 Å². The number of halogens is 1. The van der Waals surface area contributed by atoms with E-state index in [9.17, 15) is 4.79 Å². The second kappa shape index (κ2) is 6.92. The maximum Gasteiger partial charge on any atom is 0.271 e. The van der Waals surface area contributed by atoms with E-state index in [0.29, 0.717) is 28.8 Å². The molecule has 5 heterocycles. The lowest BCUT2D eigenvalue weighted by Crippen LogP contribution is -2.45. The van der Waals surface area contributed by atoms with Gasteiger partial charge in [-0.2, -0.15) is 5.10 Å². The topological polar surface area (TPSA) is 78.7 Å². The summed E-state index contributed by atoms with van der Waals surface area (Å²) in [5, 5.41) is 7.04. The van der Waals surface area contributed by atoms with Crippen LogP contribution >= 0.6 is 11.6 Å². The standard InChI is InChI=1S/C21H22ClN7O/c22-13-10-15-17(23-11-13)5-8-28(14-3-4-14)26-21(30)16-12-24-29-9-6-19(25-20(16)29)27-7-1-2-18(15)27/h6,9-12,14,18H,1-5,7-8H2,(H,26,30). The molecule has 1 saturated carbocycles. The highest BCUT2D eigenvalue weighted by molar-refractivity contribution is 6.30. The Hall–Kier alpha value is -2.71. The average Bonchev–Trinajstić information content (AvgIpc) is 3.32. The van der Waals surface area contributed by atoms with Gasteiger partial charge in [0.15, 0.2) is 5.65 Å². The highest BCUT2D eigenvalue weighted by Crippen LogP contribution is 2.38. The van der Waals surface area contributed by atoms with E-state index in [1.807, 2.05) is 12.3 Å². The van der Waals surface area contributed by atoms with Crippen LogP contribution in [0.15, 0.2) is 30.7 Å². The van der Waals surface area contributed by atoms with Crippen LogP contribution in [0.1, 0.15) is 53.3 Å². The fraction of sp³-hybridized carbons (Fsp3) is 0.429. The molecule has 3 aliphatic rings. The van der Waals surface area contributed by atoms with Crippen molar-refractivity contribution in [3.05, 3.63) is 52.6 Å². The minimum atomic E-state index is -0.164. The van der Waals surface area contributed by atoms with E-state index >= 15 is 0 Å². The van der Waals surface area contributed by atoms with Crippen molar-refractivity contribution < 1.29 is 4.79 Å². The summed E-state index contributed by atoms with van der Waals surface area (Å²) in [5.74, 6) is 0.687. The summed E-state index contributed by atoms with van der Waals surface area (Å²) >= 11 is 6.35. The van der Waals surface area contributed by atoms with Crippen LogP contribution < -0.4 is 10.3 Å². The quantitative estimate of drug-likeness (QED) is 0.648. The molecule has 2 fully saturated rings. The maximum atomic E-state index is 13.1. The number of carbonyl (C=O) groups excluding carboxylic acids is 1. The van der Waals surface area contributed by atoms with Crippen molar-refractivity contribution in [2.75, 3.05) is 18.0 Å². The number of rotatable bonds is 1. The van der Waals surface area contributed by atoms with Gasteiger partial charge >= 0.3 is 0 Å². The second-order valence-corrected chi connectivity index (χ2v) is 8.70. The second-order valence-electron chi connectivity index (χ2n) is 8.27. The SMILES string of the molecule is O=C1NN(C2CC2)CCc2ncc(Cl)cc2C2CCCN2c2ccn3ncc1c3n2. The number of nitrogens with zero attached hydrogens (tertiary/aromatic N) is 6. The Labute approximate surface area is 178 Å². The first-order chi connectivity index (χ1) is 14.7. The number of fused-ring (bicyclic) bond motifs is 5. The minimum absolute atomic E-state index is 0.164. The Morgan fingerprint density at radius 3 is 2.93 bits per heavy atom. The summed E-state index contributed by atoms with van der Waals surface area (Å²) in [6.45, 7) is 1.61. The van der Waals surface area contributed by atoms with Gasteiger partial charge in [-0.1, -0.05) is 11.6 Å². The largest absolute Gasteiger partial charge is 0.349 e. The molecule has 8 nitrogen and oxygen atoms in total. The number of aromatic nitrogens is 4. The van der Waals surface area contributed by atoms with Crippen LogP contribution in [0.4, 0.5) is 5.82 Å². The van der Waals surface area contributed by atoms with E-state index in [1.165, 1.54) is 0 Å². The highest BCUT2D eigenvalue weighted by Gasteiger charge is 2.34. The lowest BCUT2D eigenvalue weighted by atomic mass is 10.0. The number of nitrogens with one attached hydrogen (secondary N) is 1. The van der Waals surface area contributed by atoms with E-state index in [2.05, 4.69) is 31.5 Å². The lowest BCUT2D eigenvalue weighted by Gasteiger charge is -2.28. The molecular formula is C21H22ClN7O. The van der Waals surface area contributed by atoms with Crippen LogP contribution in [-0.2, 0) is 6.42 Å². The summed E-state index contributed by atoms with van der Waals surface area (Å²) < 4.78 is 1.66. The first kappa shape index (κ1) is 18.1. The van der Waals surface area contributed by atoms with Crippen LogP contribution in [0.25, 0.3) is 5.65 Å². The van der Waals surface area contributed by atoms with E-state index < -0.39 is 0 Å². The van der Waals surface area contributed by atoms with Crippen molar-refractivity contribution in [1.82, 2.24) is 30.0 Å². The Bertz CT molecular complexity index is 1140. The van der Waals surface area contributed by atoms with Crippen LogP contribution in [0.5, 0.6) is 0 Å². The van der Waals surface area contributed by atoms with Crippen LogP contribution in [0.3, 0.4) is 0 Å². The number of carbonyl (C=O) groups is 1. The monoisotopic (exact) mass is 423 g/mol. The first-order valence-corrected chi connectivity index (χ1v) is 10.9. The van der Waals surface area contributed by atoms with Crippen molar-refractivity contribution in [3.8, 4) is 0 Å². The Morgan fingerprint density at radius 1 is 1.17 bits per heavy atom. The van der Waals surface area contributed by atoms with Gasteiger partial charge in [-0.15, -0.1) is 0 Å². The molecule has 30 heavy (non-hydrogen) atoms. The number of hydrogen-bond donors (Lipinski definition) is 1. The predicted molar refractivity (Wildman–Crippen MR) is 112 cm³/mol. The molecular weight excluding hydrogens is 402 g/mol. The predicted octanol–water partition coefficient (Wildman–Crippen LogP) is 2.78. The number of hydrogen-bond acceptors (Lipinski definition) is 6. The molecule has 1 N–H and O–H groups in total. The van der Waals surface area contributed by atoms with Crippen molar-refractivity contribution in [3.63, 3.8) is 0 Å². The molecule has 9 heteroatoms. The number of amides is 1. The highest BCUT2D eigenvalue weighted by atomic mass is 35.5. The van der Waals surface area contributed by atoms with Crippen molar-refractivity contribution in [1.29, 1.82) is 0 Å². The van der Waals surface area contributed by atoms with Gasteiger partial charge in [0.2, 0.25) is 0 Å². The number of pyridine rings is 1. The molecule has 6 rings (SSSR count). The zero-order valence-corrected chi connectivity index (χ0v) is 17.2. The number of anilines is 1. The smallest absolute Gasteiger partial charge is 0.271 e. The Kier molecular flexibility index (Phi) is 4.17. The van der Waals surface area contributed by atoms with Crippen molar-refractivity contribution in [2.24, 2.45) is 0 Å². The average molecular weight is 424 g/mol. The molecule has 3 aromatic rings. The molecule has 1 amide bonds. The van der Waals surface area contributed by atoms with E-state index in [-0.39, 0.29) is 11.9 Å². The molecule has 0 radical (unpaired) electrons. The van der Waals surface area contributed by atoms with Crippen molar-refractivity contribution >= 4 is 29.0 Å². The summed E-state index contributed by atoms with van der Waals surface area (Å²) in [4.78, 5) is 24.9. The molecule has 154 valence electrons. The Balaban J connectivity index is 1.51. The normalized spacial score (nSPS) is 22.2. The molecule has 3 aromatic heterocycles.